The summed E-state index contributed by atoms with van der Waals surface area (Å²) >= 11 is 6.05. The fourth-order valence-electron chi connectivity index (χ4n) is 3.27. The minimum absolute atomic E-state index is 0. The van der Waals surface area contributed by atoms with Crippen molar-refractivity contribution in [1.82, 2.24) is 25.2 Å². The van der Waals surface area contributed by atoms with E-state index in [1.165, 1.54) is 0 Å². The zero-order valence-corrected chi connectivity index (χ0v) is 16.7. The van der Waals surface area contributed by atoms with Crippen LogP contribution in [0.1, 0.15) is 47.6 Å². The van der Waals surface area contributed by atoms with Crippen molar-refractivity contribution in [2.75, 3.05) is 19.6 Å². The summed E-state index contributed by atoms with van der Waals surface area (Å²) in [6, 6.07) is 7.90. The van der Waals surface area contributed by atoms with Crippen LogP contribution in [0.3, 0.4) is 0 Å². The summed E-state index contributed by atoms with van der Waals surface area (Å²) in [6.07, 6.45) is 2.02. The summed E-state index contributed by atoms with van der Waals surface area (Å²) in [5.74, 6) is -0.0832. The number of aromatic nitrogens is 3. The van der Waals surface area contributed by atoms with Crippen LogP contribution in [0, 0.1) is 6.92 Å². The van der Waals surface area contributed by atoms with Gasteiger partial charge in [-0.1, -0.05) is 28.9 Å². The van der Waals surface area contributed by atoms with Gasteiger partial charge in [-0.25, -0.2) is 4.68 Å². The van der Waals surface area contributed by atoms with E-state index in [9.17, 15) is 4.79 Å². The molecule has 1 fully saturated rings. The van der Waals surface area contributed by atoms with Gasteiger partial charge in [0.15, 0.2) is 5.69 Å². The fraction of sp³-hybridized carbons (Fsp3) is 0.500. The second-order valence-electron chi connectivity index (χ2n) is 6.40. The summed E-state index contributed by atoms with van der Waals surface area (Å²) in [5, 5.41) is 12.5. The molecule has 1 aliphatic heterocycles. The third kappa shape index (κ3) is 4.55. The molecule has 6 nitrogen and oxygen atoms in total. The van der Waals surface area contributed by atoms with Gasteiger partial charge in [-0.15, -0.1) is 17.5 Å². The van der Waals surface area contributed by atoms with Crippen LogP contribution in [-0.2, 0) is 6.54 Å². The van der Waals surface area contributed by atoms with Crippen molar-refractivity contribution in [2.45, 2.75) is 39.3 Å². The molecule has 0 aliphatic carbocycles. The van der Waals surface area contributed by atoms with Gasteiger partial charge in [-0.05, 0) is 57.5 Å². The Morgan fingerprint density at radius 2 is 2.12 bits per heavy atom. The number of halogens is 2. The first-order valence-corrected chi connectivity index (χ1v) is 9.14. The molecule has 0 unspecified atom stereocenters. The number of amides is 1. The molecule has 2 aromatic rings. The number of rotatable bonds is 5. The average molecular weight is 398 g/mol. The average Bonchev–Trinajstić information content (AvgIpc) is 3.01. The molecule has 2 heterocycles. The van der Waals surface area contributed by atoms with E-state index in [1.807, 2.05) is 42.8 Å². The van der Waals surface area contributed by atoms with E-state index in [0.29, 0.717) is 29.8 Å². The van der Waals surface area contributed by atoms with Crippen molar-refractivity contribution in [3.63, 3.8) is 0 Å². The molecule has 8 heteroatoms. The lowest BCUT2D eigenvalue weighted by atomic mass is 10.1. The molecule has 3 rings (SSSR count). The molecular weight excluding hydrogens is 373 g/mol. The monoisotopic (exact) mass is 397 g/mol. The number of carbonyl (C=O) groups excluding carboxylic acids is 1. The number of carbonyl (C=O) groups is 1. The van der Waals surface area contributed by atoms with E-state index in [0.717, 1.165) is 37.2 Å². The first-order valence-electron chi connectivity index (χ1n) is 8.76. The topological polar surface area (TPSA) is 63.1 Å². The number of piperidine rings is 1. The molecule has 1 amide bonds. The predicted molar refractivity (Wildman–Crippen MR) is 105 cm³/mol. The SMILES string of the molecule is CCN(Cc1cccc(Cl)c1)C(=O)c1nnn(C2CCNCC2)c1C.Cl. The first-order chi connectivity index (χ1) is 12.1. The molecule has 1 aromatic carbocycles. The Bertz CT molecular complexity index is 743. The lowest BCUT2D eigenvalue weighted by Gasteiger charge is -2.24. The summed E-state index contributed by atoms with van der Waals surface area (Å²) < 4.78 is 1.92. The zero-order chi connectivity index (χ0) is 17.8. The second-order valence-corrected chi connectivity index (χ2v) is 6.83. The van der Waals surface area contributed by atoms with Crippen LogP contribution in [0.25, 0.3) is 0 Å². The Labute approximate surface area is 165 Å². The normalized spacial score (nSPS) is 14.7. The highest BCUT2D eigenvalue weighted by Crippen LogP contribution is 2.21. The minimum atomic E-state index is -0.0832. The standard InChI is InChI=1S/C18H24ClN5O.ClH/c1-3-23(12-14-5-4-6-15(19)11-14)18(25)17-13(2)24(22-21-17)16-7-9-20-10-8-16;/h4-6,11,16,20H,3,7-10,12H2,1-2H3;1H. The summed E-state index contributed by atoms with van der Waals surface area (Å²) in [5.41, 5.74) is 2.30. The van der Waals surface area contributed by atoms with E-state index in [1.54, 1.807) is 4.90 Å². The van der Waals surface area contributed by atoms with Gasteiger partial charge in [0.25, 0.3) is 5.91 Å². The molecular formula is C18H25Cl2N5O. The van der Waals surface area contributed by atoms with E-state index in [-0.39, 0.29) is 18.3 Å². The highest BCUT2D eigenvalue weighted by Gasteiger charge is 2.25. The number of nitrogens with one attached hydrogen (secondary N) is 1. The van der Waals surface area contributed by atoms with Crippen molar-refractivity contribution in [1.29, 1.82) is 0 Å². The first kappa shape index (κ1) is 20.7. The highest BCUT2D eigenvalue weighted by atomic mass is 35.5. The number of benzene rings is 1. The third-order valence-electron chi connectivity index (χ3n) is 4.72. The Morgan fingerprint density at radius 3 is 2.77 bits per heavy atom. The molecule has 0 spiro atoms. The zero-order valence-electron chi connectivity index (χ0n) is 15.1. The largest absolute Gasteiger partial charge is 0.333 e. The lowest BCUT2D eigenvalue weighted by Crippen LogP contribution is -2.32. The van der Waals surface area contributed by atoms with Crippen molar-refractivity contribution in [3.8, 4) is 0 Å². The Balaban J connectivity index is 0.00000243. The Hall–Kier alpha value is -1.63. The number of nitrogens with zero attached hydrogens (tertiary/aromatic N) is 4. The van der Waals surface area contributed by atoms with Crippen molar-refractivity contribution in [2.24, 2.45) is 0 Å². The van der Waals surface area contributed by atoms with Gasteiger partial charge in [0.2, 0.25) is 0 Å². The van der Waals surface area contributed by atoms with Gasteiger partial charge < -0.3 is 10.2 Å². The summed E-state index contributed by atoms with van der Waals surface area (Å²) in [7, 11) is 0. The summed E-state index contributed by atoms with van der Waals surface area (Å²) in [6.45, 7) is 6.96. The van der Waals surface area contributed by atoms with Crippen LogP contribution >= 0.6 is 24.0 Å². The summed E-state index contributed by atoms with van der Waals surface area (Å²) in [4.78, 5) is 14.7. The molecule has 26 heavy (non-hydrogen) atoms. The van der Waals surface area contributed by atoms with Crippen LogP contribution in [0.15, 0.2) is 24.3 Å². The van der Waals surface area contributed by atoms with Gasteiger partial charge in [-0.3, -0.25) is 4.79 Å². The quantitative estimate of drug-likeness (QED) is 0.840. The van der Waals surface area contributed by atoms with Crippen LogP contribution in [0.5, 0.6) is 0 Å². The van der Waals surface area contributed by atoms with Crippen molar-refractivity contribution < 1.29 is 4.79 Å². The molecule has 0 bridgehead atoms. The maximum absolute atomic E-state index is 12.9. The predicted octanol–water partition coefficient (Wildman–Crippen LogP) is 3.25. The van der Waals surface area contributed by atoms with Crippen LogP contribution < -0.4 is 5.32 Å². The molecule has 0 saturated carbocycles. The van der Waals surface area contributed by atoms with Gasteiger partial charge in [0.1, 0.15) is 0 Å². The van der Waals surface area contributed by atoms with Crippen molar-refractivity contribution >= 4 is 29.9 Å². The fourth-order valence-corrected chi connectivity index (χ4v) is 3.48. The lowest BCUT2D eigenvalue weighted by molar-refractivity contribution is 0.0745. The van der Waals surface area contributed by atoms with E-state index in [4.69, 9.17) is 11.6 Å². The van der Waals surface area contributed by atoms with E-state index < -0.39 is 0 Å². The molecule has 1 aliphatic rings. The van der Waals surface area contributed by atoms with Crippen molar-refractivity contribution in [3.05, 3.63) is 46.2 Å². The molecule has 0 atom stereocenters. The highest BCUT2D eigenvalue weighted by molar-refractivity contribution is 6.30. The molecule has 1 N–H and O–H groups in total. The van der Waals surface area contributed by atoms with Crippen LogP contribution in [-0.4, -0.2) is 45.4 Å². The number of hydrogen-bond acceptors (Lipinski definition) is 4. The van der Waals surface area contributed by atoms with E-state index >= 15 is 0 Å². The third-order valence-corrected chi connectivity index (χ3v) is 4.95. The van der Waals surface area contributed by atoms with Gasteiger partial charge in [-0.2, -0.15) is 0 Å². The van der Waals surface area contributed by atoms with Gasteiger partial charge >= 0.3 is 0 Å². The molecule has 142 valence electrons. The van der Waals surface area contributed by atoms with Gasteiger partial charge in [0, 0.05) is 18.1 Å². The number of hydrogen-bond donors (Lipinski definition) is 1. The molecule has 0 radical (unpaired) electrons. The van der Waals surface area contributed by atoms with Gasteiger partial charge in [0.05, 0.1) is 11.7 Å². The minimum Gasteiger partial charge on any atom is -0.333 e. The molecule has 1 saturated heterocycles. The Kier molecular flexibility index (Phi) is 7.43. The van der Waals surface area contributed by atoms with Crippen LogP contribution in [0.4, 0.5) is 0 Å². The maximum atomic E-state index is 12.9. The molecule has 1 aromatic heterocycles. The second kappa shape index (κ2) is 9.35. The maximum Gasteiger partial charge on any atom is 0.276 e. The van der Waals surface area contributed by atoms with Crippen LogP contribution in [0.2, 0.25) is 5.02 Å². The Morgan fingerprint density at radius 1 is 1.38 bits per heavy atom. The smallest absolute Gasteiger partial charge is 0.276 e. The van der Waals surface area contributed by atoms with E-state index in [2.05, 4.69) is 15.6 Å².